The minimum Gasteiger partial charge on any atom is -0.454 e. The first-order valence-corrected chi connectivity index (χ1v) is 9.79. The van der Waals surface area contributed by atoms with Crippen molar-refractivity contribution in [2.45, 2.75) is 18.6 Å². The van der Waals surface area contributed by atoms with E-state index >= 15 is 0 Å². The van der Waals surface area contributed by atoms with E-state index in [1.165, 1.54) is 5.56 Å². The number of ether oxygens (including phenoxy) is 2. The molecule has 2 aliphatic heterocycles. The monoisotopic (exact) mass is 375 g/mol. The van der Waals surface area contributed by atoms with Gasteiger partial charge in [-0.2, -0.15) is 11.8 Å². The van der Waals surface area contributed by atoms with Gasteiger partial charge < -0.3 is 14.4 Å². The Bertz CT molecular complexity index is 811. The number of nitrogens with zero attached hydrogens (tertiary/aromatic N) is 1. The number of carbonyl (C=O) groups excluding carboxylic acids is 1. The summed E-state index contributed by atoms with van der Waals surface area (Å²) in [5.41, 5.74) is 3.41. The summed E-state index contributed by atoms with van der Waals surface area (Å²) in [6, 6.07) is 12.0. The van der Waals surface area contributed by atoms with Crippen molar-refractivity contribution in [2.75, 3.05) is 24.0 Å². The minimum absolute atomic E-state index is 0.196. The van der Waals surface area contributed by atoms with Gasteiger partial charge in [0.25, 0.3) is 0 Å². The zero-order valence-corrected chi connectivity index (χ0v) is 15.2. The van der Waals surface area contributed by atoms with E-state index in [9.17, 15) is 4.79 Å². The fraction of sp³-hybridized carbons (Fsp3) is 0.316. The van der Waals surface area contributed by atoms with Crippen LogP contribution in [0.1, 0.15) is 17.5 Å². The molecule has 1 amide bonds. The predicted octanol–water partition coefficient (Wildman–Crippen LogP) is 4.28. The van der Waals surface area contributed by atoms with Gasteiger partial charge >= 0.3 is 0 Å². The van der Waals surface area contributed by atoms with Crippen LogP contribution in [0, 0.1) is 0 Å². The maximum Gasteiger partial charge on any atom is 0.231 e. The molecule has 0 fully saturated rings. The number of rotatable bonds is 5. The van der Waals surface area contributed by atoms with Crippen molar-refractivity contribution in [3.8, 4) is 11.5 Å². The SMILES string of the molecule is O=C(CCSCc1cc(Cl)c2c(c1)OCO2)N1CCc2ccccc21. The Balaban J connectivity index is 1.29. The highest BCUT2D eigenvalue weighted by molar-refractivity contribution is 7.98. The molecule has 2 aromatic carbocycles. The largest absolute Gasteiger partial charge is 0.454 e. The Hall–Kier alpha value is -1.85. The predicted molar refractivity (Wildman–Crippen MR) is 101 cm³/mol. The molecule has 4 rings (SSSR count). The molecule has 0 radical (unpaired) electrons. The van der Waals surface area contributed by atoms with Crippen LogP contribution in [0.15, 0.2) is 36.4 Å². The molecule has 0 aliphatic carbocycles. The molecule has 25 heavy (non-hydrogen) atoms. The normalized spacial score (nSPS) is 14.7. The number of benzene rings is 2. The molecule has 0 saturated heterocycles. The Kier molecular flexibility index (Phi) is 4.77. The fourth-order valence-corrected chi connectivity index (χ4v) is 4.34. The van der Waals surface area contributed by atoms with Crippen molar-refractivity contribution in [2.24, 2.45) is 0 Å². The third-order valence-corrected chi connectivity index (χ3v) is 5.72. The number of carbonyl (C=O) groups is 1. The summed E-state index contributed by atoms with van der Waals surface area (Å²) in [5, 5.41) is 0.579. The van der Waals surface area contributed by atoms with Gasteiger partial charge in [0.05, 0.1) is 5.02 Å². The Morgan fingerprint density at radius 3 is 3.04 bits per heavy atom. The van der Waals surface area contributed by atoms with Gasteiger partial charge in [0, 0.05) is 30.2 Å². The first-order valence-electron chi connectivity index (χ1n) is 8.26. The number of hydrogen-bond donors (Lipinski definition) is 0. The summed E-state index contributed by atoms with van der Waals surface area (Å²) in [4.78, 5) is 14.4. The number of fused-ring (bicyclic) bond motifs is 2. The summed E-state index contributed by atoms with van der Waals surface area (Å²) < 4.78 is 10.7. The van der Waals surface area contributed by atoms with Crippen LogP contribution in [0.3, 0.4) is 0 Å². The smallest absolute Gasteiger partial charge is 0.231 e. The lowest BCUT2D eigenvalue weighted by molar-refractivity contribution is -0.118. The topological polar surface area (TPSA) is 38.8 Å². The summed E-state index contributed by atoms with van der Waals surface area (Å²) in [5.74, 6) is 3.09. The van der Waals surface area contributed by atoms with Crippen molar-refractivity contribution in [3.05, 3.63) is 52.5 Å². The Morgan fingerprint density at radius 1 is 1.24 bits per heavy atom. The highest BCUT2D eigenvalue weighted by Gasteiger charge is 2.23. The average Bonchev–Trinajstić information content (AvgIpc) is 3.25. The molecule has 0 unspecified atom stereocenters. The number of hydrogen-bond acceptors (Lipinski definition) is 4. The lowest BCUT2D eigenvalue weighted by Crippen LogP contribution is -2.29. The molecule has 0 bridgehead atoms. The highest BCUT2D eigenvalue weighted by Crippen LogP contribution is 2.40. The molecule has 0 saturated carbocycles. The Labute approximate surface area is 156 Å². The van der Waals surface area contributed by atoms with Crippen molar-refractivity contribution in [3.63, 3.8) is 0 Å². The van der Waals surface area contributed by atoms with Crippen molar-refractivity contribution < 1.29 is 14.3 Å². The van der Waals surface area contributed by atoms with Gasteiger partial charge in [0.2, 0.25) is 12.7 Å². The van der Waals surface area contributed by atoms with E-state index in [-0.39, 0.29) is 12.7 Å². The molecule has 0 N–H and O–H groups in total. The first kappa shape index (κ1) is 16.6. The number of amides is 1. The maximum absolute atomic E-state index is 12.5. The zero-order chi connectivity index (χ0) is 17.2. The number of thioether (sulfide) groups is 1. The van der Waals surface area contributed by atoms with Gasteiger partial charge in [-0.15, -0.1) is 0 Å². The van der Waals surface area contributed by atoms with Crippen LogP contribution in [0.25, 0.3) is 0 Å². The summed E-state index contributed by atoms with van der Waals surface area (Å²) in [6.45, 7) is 1.01. The van der Waals surface area contributed by atoms with Crippen LogP contribution in [0.4, 0.5) is 5.69 Å². The summed E-state index contributed by atoms with van der Waals surface area (Å²) >= 11 is 7.92. The van der Waals surface area contributed by atoms with E-state index in [4.69, 9.17) is 21.1 Å². The van der Waals surface area contributed by atoms with Crippen LogP contribution < -0.4 is 14.4 Å². The van der Waals surface area contributed by atoms with Gasteiger partial charge in [0.1, 0.15) is 0 Å². The fourth-order valence-electron chi connectivity index (χ4n) is 3.19. The molecule has 6 heteroatoms. The van der Waals surface area contributed by atoms with Crippen LogP contribution in [-0.4, -0.2) is 25.0 Å². The molecule has 2 aromatic rings. The van der Waals surface area contributed by atoms with E-state index < -0.39 is 0 Å². The van der Waals surface area contributed by atoms with Crippen LogP contribution in [0.5, 0.6) is 11.5 Å². The van der Waals surface area contributed by atoms with E-state index in [1.807, 2.05) is 35.2 Å². The van der Waals surface area contributed by atoms with Gasteiger partial charge in [-0.25, -0.2) is 0 Å². The molecule has 130 valence electrons. The van der Waals surface area contributed by atoms with E-state index in [0.29, 0.717) is 22.9 Å². The van der Waals surface area contributed by atoms with Crippen LogP contribution in [0.2, 0.25) is 5.02 Å². The second-order valence-electron chi connectivity index (χ2n) is 6.04. The standard InChI is InChI=1S/C19H18ClNO3S/c20-15-9-13(10-17-19(15)24-12-23-17)11-25-8-6-18(22)21-7-5-14-3-1-2-4-16(14)21/h1-4,9-10H,5-8,11-12H2. The summed E-state index contributed by atoms with van der Waals surface area (Å²) in [6.07, 6.45) is 1.49. The van der Waals surface area contributed by atoms with Crippen LogP contribution >= 0.6 is 23.4 Å². The highest BCUT2D eigenvalue weighted by atomic mass is 35.5. The van der Waals surface area contributed by atoms with Gasteiger partial charge in [0.15, 0.2) is 11.5 Å². The van der Waals surface area contributed by atoms with E-state index in [0.717, 1.165) is 35.7 Å². The average molecular weight is 376 g/mol. The van der Waals surface area contributed by atoms with Gasteiger partial charge in [-0.1, -0.05) is 29.8 Å². The molecule has 0 aromatic heterocycles. The molecular formula is C19H18ClNO3S. The quantitative estimate of drug-likeness (QED) is 0.731. The van der Waals surface area contributed by atoms with E-state index in [2.05, 4.69) is 6.07 Å². The lowest BCUT2D eigenvalue weighted by atomic mass is 10.2. The number of para-hydroxylation sites is 1. The summed E-state index contributed by atoms with van der Waals surface area (Å²) in [7, 11) is 0. The van der Waals surface area contributed by atoms with Crippen molar-refractivity contribution in [1.82, 2.24) is 0 Å². The third-order valence-electron chi connectivity index (χ3n) is 4.40. The number of halogens is 1. The number of anilines is 1. The second-order valence-corrected chi connectivity index (χ2v) is 7.55. The third kappa shape index (κ3) is 3.44. The molecule has 2 aliphatic rings. The maximum atomic E-state index is 12.5. The van der Waals surface area contributed by atoms with Crippen LogP contribution in [-0.2, 0) is 17.0 Å². The molecule has 0 spiro atoms. The van der Waals surface area contributed by atoms with Crippen molar-refractivity contribution >= 4 is 35.0 Å². The zero-order valence-electron chi connectivity index (χ0n) is 13.7. The first-order chi connectivity index (χ1) is 12.2. The second kappa shape index (κ2) is 7.18. The molecule has 2 heterocycles. The van der Waals surface area contributed by atoms with Crippen molar-refractivity contribution in [1.29, 1.82) is 0 Å². The lowest BCUT2D eigenvalue weighted by Gasteiger charge is -2.17. The molecule has 0 atom stereocenters. The molecule has 4 nitrogen and oxygen atoms in total. The van der Waals surface area contributed by atoms with Gasteiger partial charge in [-0.3, -0.25) is 4.79 Å². The molecular weight excluding hydrogens is 358 g/mol. The van der Waals surface area contributed by atoms with E-state index in [1.54, 1.807) is 11.8 Å². The Morgan fingerprint density at radius 2 is 2.12 bits per heavy atom. The van der Waals surface area contributed by atoms with Gasteiger partial charge in [-0.05, 0) is 35.7 Å². The minimum atomic E-state index is 0.196.